The van der Waals surface area contributed by atoms with E-state index < -0.39 is 4.92 Å². The molecule has 2 rings (SSSR count). The molecule has 0 aromatic heterocycles. The summed E-state index contributed by atoms with van der Waals surface area (Å²) < 4.78 is 5.73. The maximum atomic E-state index is 10.6. The molecule has 17 heavy (non-hydrogen) atoms. The van der Waals surface area contributed by atoms with E-state index in [9.17, 15) is 10.1 Å². The van der Waals surface area contributed by atoms with Crippen molar-refractivity contribution < 1.29 is 9.66 Å². The topological polar surface area (TPSA) is 52.4 Å². The molecule has 90 valence electrons. The highest BCUT2D eigenvalue weighted by atomic mass is 16.6. The lowest BCUT2D eigenvalue weighted by Crippen LogP contribution is -2.20. The van der Waals surface area contributed by atoms with Crippen LogP contribution in [0.1, 0.15) is 24.5 Å². The van der Waals surface area contributed by atoms with Gasteiger partial charge in [-0.1, -0.05) is 6.08 Å². The average molecular weight is 233 g/mol. The third kappa shape index (κ3) is 2.53. The zero-order valence-electron chi connectivity index (χ0n) is 9.54. The minimum atomic E-state index is -0.392. The van der Waals surface area contributed by atoms with Crippen LogP contribution in [0.15, 0.2) is 36.9 Å². The van der Waals surface area contributed by atoms with Crippen molar-refractivity contribution in [1.29, 1.82) is 0 Å². The van der Waals surface area contributed by atoms with E-state index in [0.29, 0.717) is 5.92 Å². The predicted octanol–water partition coefficient (Wildman–Crippen LogP) is 3.25. The van der Waals surface area contributed by atoms with Gasteiger partial charge in [-0.15, -0.1) is 6.58 Å². The van der Waals surface area contributed by atoms with Crippen LogP contribution in [0.25, 0.3) is 0 Å². The summed E-state index contributed by atoms with van der Waals surface area (Å²) in [7, 11) is 0. The summed E-state index contributed by atoms with van der Waals surface area (Å²) in [6.45, 7) is 4.56. The van der Waals surface area contributed by atoms with Gasteiger partial charge in [0.15, 0.2) is 0 Å². The van der Waals surface area contributed by atoms with Gasteiger partial charge in [0, 0.05) is 24.7 Å². The van der Waals surface area contributed by atoms with Crippen molar-refractivity contribution in [1.82, 2.24) is 0 Å². The van der Waals surface area contributed by atoms with Crippen molar-refractivity contribution in [2.75, 3.05) is 6.61 Å². The third-order valence-corrected chi connectivity index (χ3v) is 3.10. The second kappa shape index (κ2) is 5.10. The average Bonchev–Trinajstić information content (AvgIpc) is 2.39. The van der Waals surface area contributed by atoms with Gasteiger partial charge in [-0.2, -0.15) is 0 Å². The van der Waals surface area contributed by atoms with Crippen molar-refractivity contribution in [3.8, 4) is 0 Å². The van der Waals surface area contributed by atoms with Crippen LogP contribution in [-0.2, 0) is 4.74 Å². The molecule has 0 saturated carbocycles. The Morgan fingerprint density at radius 1 is 1.41 bits per heavy atom. The van der Waals surface area contributed by atoms with Gasteiger partial charge in [0.05, 0.1) is 11.0 Å². The maximum absolute atomic E-state index is 10.6. The molecule has 2 atom stereocenters. The number of rotatable bonds is 3. The number of non-ortho nitro benzene ring substituents is 1. The van der Waals surface area contributed by atoms with Crippen LogP contribution in [-0.4, -0.2) is 11.5 Å². The molecular formula is C13H15NO3. The highest BCUT2D eigenvalue weighted by molar-refractivity contribution is 5.34. The molecule has 1 fully saturated rings. The number of hydrogen-bond acceptors (Lipinski definition) is 3. The second-order valence-corrected chi connectivity index (χ2v) is 4.18. The van der Waals surface area contributed by atoms with E-state index in [2.05, 4.69) is 6.58 Å². The molecule has 0 amide bonds. The first kappa shape index (κ1) is 11.8. The lowest BCUT2D eigenvalue weighted by molar-refractivity contribution is -0.384. The van der Waals surface area contributed by atoms with Crippen molar-refractivity contribution in [2.45, 2.75) is 18.9 Å². The van der Waals surface area contributed by atoms with Gasteiger partial charge < -0.3 is 4.74 Å². The van der Waals surface area contributed by atoms with Crippen molar-refractivity contribution in [3.05, 3.63) is 52.6 Å². The fourth-order valence-corrected chi connectivity index (χ4v) is 2.17. The lowest BCUT2D eigenvalue weighted by Gasteiger charge is -2.29. The molecule has 1 aliphatic heterocycles. The van der Waals surface area contributed by atoms with E-state index in [4.69, 9.17) is 4.74 Å². The molecule has 1 aromatic rings. The Hall–Kier alpha value is -1.68. The molecule has 1 aliphatic rings. The number of nitro benzene ring substituents is 1. The van der Waals surface area contributed by atoms with Gasteiger partial charge in [0.1, 0.15) is 0 Å². The van der Waals surface area contributed by atoms with Gasteiger partial charge in [-0.05, 0) is 30.5 Å². The minimum Gasteiger partial charge on any atom is -0.373 e. The molecule has 4 nitrogen and oxygen atoms in total. The molecule has 1 aromatic carbocycles. The summed E-state index contributed by atoms with van der Waals surface area (Å²) >= 11 is 0. The molecule has 0 unspecified atom stereocenters. The summed E-state index contributed by atoms with van der Waals surface area (Å²) in [5.74, 6) is 0.296. The van der Waals surface area contributed by atoms with Crippen molar-refractivity contribution >= 4 is 5.69 Å². The highest BCUT2D eigenvalue weighted by Crippen LogP contribution is 2.34. The molecule has 0 radical (unpaired) electrons. The zero-order chi connectivity index (χ0) is 12.3. The molecule has 0 aliphatic carbocycles. The number of nitro groups is 1. The van der Waals surface area contributed by atoms with Gasteiger partial charge in [-0.25, -0.2) is 0 Å². The molecule has 0 spiro atoms. The van der Waals surface area contributed by atoms with Crippen LogP contribution < -0.4 is 0 Å². The SMILES string of the molecule is C=C[C@H]1CCCO[C@H]1c1ccc([N+](=O)[O-])cc1. The van der Waals surface area contributed by atoms with Crippen LogP contribution in [0, 0.1) is 16.0 Å². The summed E-state index contributed by atoms with van der Waals surface area (Å²) in [6, 6.07) is 6.58. The molecule has 1 heterocycles. The van der Waals surface area contributed by atoms with E-state index in [1.807, 2.05) is 6.08 Å². The van der Waals surface area contributed by atoms with Crippen LogP contribution in [0.5, 0.6) is 0 Å². The van der Waals surface area contributed by atoms with E-state index in [-0.39, 0.29) is 11.8 Å². The van der Waals surface area contributed by atoms with E-state index in [1.54, 1.807) is 12.1 Å². The van der Waals surface area contributed by atoms with Crippen molar-refractivity contribution in [3.63, 3.8) is 0 Å². The highest BCUT2D eigenvalue weighted by Gasteiger charge is 2.25. The van der Waals surface area contributed by atoms with Crippen LogP contribution in [0.2, 0.25) is 0 Å². The molecule has 0 bridgehead atoms. The Morgan fingerprint density at radius 3 is 2.71 bits per heavy atom. The lowest BCUT2D eigenvalue weighted by atomic mass is 9.89. The molecular weight excluding hydrogens is 218 g/mol. The van der Waals surface area contributed by atoms with Crippen LogP contribution in [0.4, 0.5) is 5.69 Å². The number of hydrogen-bond donors (Lipinski definition) is 0. The fourth-order valence-electron chi connectivity index (χ4n) is 2.17. The molecule has 1 saturated heterocycles. The largest absolute Gasteiger partial charge is 0.373 e. The predicted molar refractivity (Wildman–Crippen MR) is 64.7 cm³/mol. The fraction of sp³-hybridized carbons (Fsp3) is 0.385. The summed E-state index contributed by atoms with van der Waals surface area (Å²) in [6.07, 6.45) is 4.00. The van der Waals surface area contributed by atoms with Gasteiger partial charge >= 0.3 is 0 Å². The van der Waals surface area contributed by atoms with Crippen LogP contribution >= 0.6 is 0 Å². The zero-order valence-corrected chi connectivity index (χ0v) is 9.54. The van der Waals surface area contributed by atoms with Crippen molar-refractivity contribution in [2.24, 2.45) is 5.92 Å². The standard InChI is InChI=1S/C13H15NO3/c1-2-10-4-3-9-17-13(10)11-5-7-12(8-6-11)14(15)16/h2,5-8,10,13H,1,3-4,9H2/t10-,13+/m0/s1. The Kier molecular flexibility index (Phi) is 3.54. The summed E-state index contributed by atoms with van der Waals surface area (Å²) in [4.78, 5) is 10.2. The number of benzene rings is 1. The Morgan fingerprint density at radius 2 is 2.12 bits per heavy atom. The maximum Gasteiger partial charge on any atom is 0.269 e. The summed E-state index contributed by atoms with van der Waals surface area (Å²) in [5.41, 5.74) is 1.10. The van der Waals surface area contributed by atoms with Gasteiger partial charge in [-0.3, -0.25) is 10.1 Å². The van der Waals surface area contributed by atoms with Gasteiger partial charge in [0.25, 0.3) is 5.69 Å². The molecule has 0 N–H and O–H groups in total. The first-order valence-electron chi connectivity index (χ1n) is 5.71. The number of ether oxygens (including phenoxy) is 1. The van der Waals surface area contributed by atoms with Gasteiger partial charge in [0.2, 0.25) is 0 Å². The molecule has 4 heteroatoms. The Balaban J connectivity index is 2.20. The van der Waals surface area contributed by atoms with E-state index >= 15 is 0 Å². The first-order valence-corrected chi connectivity index (χ1v) is 5.71. The summed E-state index contributed by atoms with van der Waals surface area (Å²) in [5, 5.41) is 10.6. The quantitative estimate of drug-likeness (QED) is 0.457. The second-order valence-electron chi connectivity index (χ2n) is 4.18. The Bertz CT molecular complexity index is 413. The van der Waals surface area contributed by atoms with E-state index in [0.717, 1.165) is 25.0 Å². The van der Waals surface area contributed by atoms with E-state index in [1.165, 1.54) is 12.1 Å². The third-order valence-electron chi connectivity index (χ3n) is 3.10. The monoisotopic (exact) mass is 233 g/mol. The first-order chi connectivity index (χ1) is 8.22. The number of nitrogens with zero attached hydrogens (tertiary/aromatic N) is 1. The Labute approximate surface area is 100 Å². The van der Waals surface area contributed by atoms with Crippen LogP contribution in [0.3, 0.4) is 0 Å². The smallest absolute Gasteiger partial charge is 0.269 e. The minimum absolute atomic E-state index is 0.0120. The normalized spacial score (nSPS) is 24.2.